The molecule has 1 aromatic heterocycles. The molecule has 0 atom stereocenters. The topological polar surface area (TPSA) is 41.2 Å². The van der Waals surface area contributed by atoms with Crippen molar-refractivity contribution < 1.29 is 4.74 Å². The molecule has 0 unspecified atom stereocenters. The van der Waals surface area contributed by atoms with Gasteiger partial charge in [-0.2, -0.15) is 0 Å². The zero-order valence-electron chi connectivity index (χ0n) is 6.92. The van der Waals surface area contributed by atoms with E-state index in [9.17, 15) is 0 Å². The maximum Gasteiger partial charge on any atom is 0.173 e. The lowest BCUT2D eigenvalue weighted by Gasteiger charge is -2.25. The lowest BCUT2D eigenvalue weighted by molar-refractivity contribution is 0.0337. The molecule has 0 aliphatic carbocycles. The predicted molar refractivity (Wildman–Crippen MR) is 43.5 cm³/mol. The highest BCUT2D eigenvalue weighted by Gasteiger charge is 2.10. The quantitative estimate of drug-likeness (QED) is 0.674. The maximum atomic E-state index is 5.24. The summed E-state index contributed by atoms with van der Waals surface area (Å²) < 4.78 is 5.24. The number of imidazole rings is 1. The summed E-state index contributed by atoms with van der Waals surface area (Å²) in [6.45, 7) is 4.60. The summed E-state index contributed by atoms with van der Waals surface area (Å²) >= 11 is 0. The molecule has 1 saturated heterocycles. The van der Waals surface area contributed by atoms with E-state index in [1.807, 2.05) is 6.20 Å². The second kappa shape index (κ2) is 3.69. The van der Waals surface area contributed by atoms with Crippen LogP contribution in [-0.4, -0.2) is 41.2 Å². The summed E-state index contributed by atoms with van der Waals surface area (Å²) in [5.74, 6) is 0. The van der Waals surface area contributed by atoms with Gasteiger partial charge in [-0.3, -0.25) is 4.90 Å². The fourth-order valence-electron chi connectivity index (χ4n) is 1.32. The van der Waals surface area contributed by atoms with Crippen LogP contribution < -0.4 is 0 Å². The molecule has 65 valence electrons. The van der Waals surface area contributed by atoms with Crippen LogP contribution >= 0.6 is 0 Å². The number of rotatable bonds is 2. The van der Waals surface area contributed by atoms with Crippen molar-refractivity contribution >= 4 is 0 Å². The van der Waals surface area contributed by atoms with Gasteiger partial charge in [0.25, 0.3) is 0 Å². The minimum absolute atomic E-state index is 0.841. The van der Waals surface area contributed by atoms with E-state index in [2.05, 4.69) is 21.2 Å². The Hall–Kier alpha value is -0.870. The van der Waals surface area contributed by atoms with E-state index in [-0.39, 0.29) is 0 Å². The van der Waals surface area contributed by atoms with Crippen molar-refractivity contribution in [1.82, 2.24) is 14.9 Å². The predicted octanol–water partition coefficient (Wildman–Crippen LogP) is 0.0421. The number of morpholine rings is 1. The Labute approximate surface area is 71.6 Å². The number of aromatic nitrogens is 2. The molecule has 2 rings (SSSR count). The average Bonchev–Trinajstić information content (AvgIpc) is 2.59. The smallest absolute Gasteiger partial charge is 0.173 e. The van der Waals surface area contributed by atoms with E-state index >= 15 is 0 Å². The van der Waals surface area contributed by atoms with Gasteiger partial charge in [0.05, 0.1) is 18.9 Å². The SMILES string of the molecule is [c]1nc(CN2CCOCC2)c[nH]1. The molecule has 1 aromatic rings. The van der Waals surface area contributed by atoms with Gasteiger partial charge in [0.2, 0.25) is 0 Å². The first-order chi connectivity index (χ1) is 5.95. The fourth-order valence-corrected chi connectivity index (χ4v) is 1.32. The molecule has 1 aliphatic heterocycles. The number of hydrogen-bond donors (Lipinski definition) is 1. The van der Waals surface area contributed by atoms with Crippen LogP contribution in [0.25, 0.3) is 0 Å². The highest BCUT2D eigenvalue weighted by molar-refractivity contribution is 4.93. The summed E-state index contributed by atoms with van der Waals surface area (Å²) in [5.41, 5.74) is 1.05. The number of nitrogens with zero attached hydrogens (tertiary/aromatic N) is 2. The minimum Gasteiger partial charge on any atom is -0.379 e. The van der Waals surface area contributed by atoms with Crippen LogP contribution in [0, 0.1) is 6.33 Å². The first-order valence-corrected chi connectivity index (χ1v) is 4.15. The highest BCUT2D eigenvalue weighted by atomic mass is 16.5. The van der Waals surface area contributed by atoms with Crippen LogP contribution in [0.5, 0.6) is 0 Å². The Morgan fingerprint density at radius 3 is 3.08 bits per heavy atom. The van der Waals surface area contributed by atoms with Crippen molar-refractivity contribution in [3.63, 3.8) is 0 Å². The molecular weight excluding hydrogens is 154 g/mol. The standard InChI is InChI=1S/C8H12N3O/c1-3-12-4-2-11(1)6-8-5-9-7-10-8/h5H,1-4,6H2,(H,9,10). The van der Waals surface area contributed by atoms with Gasteiger partial charge in [-0.05, 0) is 0 Å². The summed E-state index contributed by atoms with van der Waals surface area (Å²) in [7, 11) is 0. The van der Waals surface area contributed by atoms with E-state index in [0.717, 1.165) is 38.5 Å². The number of hydrogen-bond acceptors (Lipinski definition) is 3. The molecule has 2 heterocycles. The molecule has 0 aromatic carbocycles. The zero-order chi connectivity index (χ0) is 8.23. The van der Waals surface area contributed by atoms with Gasteiger partial charge in [0.15, 0.2) is 6.33 Å². The van der Waals surface area contributed by atoms with Crippen LogP contribution in [0.4, 0.5) is 0 Å². The minimum atomic E-state index is 0.841. The third-order valence-electron chi connectivity index (χ3n) is 1.99. The highest BCUT2D eigenvalue weighted by Crippen LogP contribution is 2.02. The molecule has 0 amide bonds. The molecule has 0 saturated carbocycles. The monoisotopic (exact) mass is 166 g/mol. The van der Waals surface area contributed by atoms with Crippen molar-refractivity contribution in [3.05, 3.63) is 18.2 Å². The van der Waals surface area contributed by atoms with Gasteiger partial charge in [-0.15, -0.1) is 0 Å². The number of H-pyrrole nitrogens is 1. The summed E-state index contributed by atoms with van der Waals surface area (Å²) in [4.78, 5) is 9.20. The van der Waals surface area contributed by atoms with Crippen LogP contribution in [0.3, 0.4) is 0 Å². The van der Waals surface area contributed by atoms with Crippen LogP contribution in [-0.2, 0) is 11.3 Å². The van der Waals surface area contributed by atoms with E-state index in [1.165, 1.54) is 0 Å². The van der Waals surface area contributed by atoms with E-state index in [0.29, 0.717) is 0 Å². The van der Waals surface area contributed by atoms with Crippen LogP contribution in [0.1, 0.15) is 5.69 Å². The zero-order valence-corrected chi connectivity index (χ0v) is 6.92. The second-order valence-electron chi connectivity index (χ2n) is 2.89. The normalized spacial score (nSPS) is 19.7. The third-order valence-corrected chi connectivity index (χ3v) is 1.99. The van der Waals surface area contributed by atoms with Gasteiger partial charge in [-0.25, -0.2) is 4.98 Å². The second-order valence-corrected chi connectivity index (χ2v) is 2.89. The molecule has 4 nitrogen and oxygen atoms in total. The summed E-state index contributed by atoms with van der Waals surface area (Å²) in [6, 6.07) is 0. The third kappa shape index (κ3) is 1.84. The lowest BCUT2D eigenvalue weighted by atomic mass is 10.3. The summed E-state index contributed by atoms with van der Waals surface area (Å²) in [5, 5.41) is 0. The van der Waals surface area contributed by atoms with E-state index in [4.69, 9.17) is 4.74 Å². The Balaban J connectivity index is 1.86. The molecule has 1 N–H and O–H groups in total. The maximum absolute atomic E-state index is 5.24. The Morgan fingerprint density at radius 1 is 1.58 bits per heavy atom. The Kier molecular flexibility index (Phi) is 2.39. The largest absolute Gasteiger partial charge is 0.379 e. The molecule has 0 bridgehead atoms. The average molecular weight is 166 g/mol. The first-order valence-electron chi connectivity index (χ1n) is 4.15. The lowest BCUT2D eigenvalue weighted by Crippen LogP contribution is -2.35. The van der Waals surface area contributed by atoms with Crippen LogP contribution in [0.2, 0.25) is 0 Å². The van der Waals surface area contributed by atoms with Gasteiger partial charge >= 0.3 is 0 Å². The molecule has 12 heavy (non-hydrogen) atoms. The molecule has 1 fully saturated rings. The van der Waals surface area contributed by atoms with Crippen molar-refractivity contribution in [2.45, 2.75) is 6.54 Å². The fraction of sp³-hybridized carbons (Fsp3) is 0.625. The number of nitrogens with one attached hydrogen (secondary N) is 1. The molecule has 0 spiro atoms. The summed E-state index contributed by atoms with van der Waals surface area (Å²) in [6.07, 6.45) is 4.57. The number of ether oxygens (including phenoxy) is 1. The molecule has 1 aliphatic rings. The van der Waals surface area contributed by atoms with Crippen molar-refractivity contribution in [1.29, 1.82) is 0 Å². The van der Waals surface area contributed by atoms with Gasteiger partial charge in [0, 0.05) is 25.8 Å². The number of aromatic amines is 1. The molecule has 4 heteroatoms. The van der Waals surface area contributed by atoms with Gasteiger partial charge in [-0.1, -0.05) is 0 Å². The molecular formula is C8H12N3O. The van der Waals surface area contributed by atoms with Crippen LogP contribution in [0.15, 0.2) is 6.20 Å². The molecule has 1 radical (unpaired) electrons. The van der Waals surface area contributed by atoms with Crippen molar-refractivity contribution in [2.75, 3.05) is 26.3 Å². The van der Waals surface area contributed by atoms with Gasteiger partial charge in [0.1, 0.15) is 0 Å². The van der Waals surface area contributed by atoms with E-state index in [1.54, 1.807) is 0 Å². The first kappa shape index (κ1) is 7.76. The van der Waals surface area contributed by atoms with E-state index < -0.39 is 0 Å². The Bertz CT molecular complexity index is 216. The Morgan fingerprint density at radius 2 is 2.42 bits per heavy atom. The van der Waals surface area contributed by atoms with Crippen molar-refractivity contribution in [2.24, 2.45) is 0 Å². The van der Waals surface area contributed by atoms with Crippen molar-refractivity contribution in [3.8, 4) is 0 Å². The van der Waals surface area contributed by atoms with Gasteiger partial charge < -0.3 is 9.72 Å².